The van der Waals surface area contributed by atoms with Gasteiger partial charge in [0.05, 0.1) is 21.8 Å². The third kappa shape index (κ3) is 3.51. The topological polar surface area (TPSA) is 60.9 Å². The Morgan fingerprint density at radius 2 is 1.87 bits per heavy atom. The van der Waals surface area contributed by atoms with Gasteiger partial charge in [0, 0.05) is 22.1 Å². The lowest BCUT2D eigenvalue weighted by Crippen LogP contribution is -2.21. The van der Waals surface area contributed by atoms with Crippen molar-refractivity contribution in [3.8, 4) is 17.0 Å². The molecule has 0 aliphatic heterocycles. The largest absolute Gasteiger partial charge is 0.461 e. The zero-order valence-electron chi connectivity index (χ0n) is 16.3. The zero-order chi connectivity index (χ0) is 20.7. The van der Waals surface area contributed by atoms with E-state index < -0.39 is 0 Å². The molecule has 0 saturated heterocycles. The van der Waals surface area contributed by atoms with E-state index in [4.69, 9.17) is 9.40 Å². The summed E-state index contributed by atoms with van der Waals surface area (Å²) >= 11 is 4.62. The molecule has 5 rings (SSSR count). The molecular formula is C22H17N3O2S3. The number of thiazole rings is 1. The van der Waals surface area contributed by atoms with Gasteiger partial charge in [-0.1, -0.05) is 30.0 Å². The maximum Gasteiger partial charge on any atom is 0.268 e. The van der Waals surface area contributed by atoms with E-state index in [-0.39, 0.29) is 5.56 Å². The SMILES string of the molecule is Cc1ccc(-c2csc3nc(SCc4csc(C)n4)n(-c4ccccc4)c(=O)c23)o1. The summed E-state index contributed by atoms with van der Waals surface area (Å²) in [6.07, 6.45) is 0. The summed E-state index contributed by atoms with van der Waals surface area (Å²) in [7, 11) is 0. The molecule has 0 aliphatic rings. The molecule has 4 aromatic heterocycles. The van der Waals surface area contributed by atoms with Crippen LogP contribution in [-0.2, 0) is 5.75 Å². The van der Waals surface area contributed by atoms with E-state index >= 15 is 0 Å². The third-order valence-electron chi connectivity index (χ3n) is 4.61. The molecule has 0 amide bonds. The highest BCUT2D eigenvalue weighted by atomic mass is 32.2. The second-order valence-electron chi connectivity index (χ2n) is 6.76. The van der Waals surface area contributed by atoms with Crippen molar-refractivity contribution in [2.45, 2.75) is 24.8 Å². The minimum Gasteiger partial charge on any atom is -0.461 e. The molecule has 0 saturated carbocycles. The second kappa shape index (κ2) is 7.86. The van der Waals surface area contributed by atoms with Crippen LogP contribution in [0.4, 0.5) is 0 Å². The van der Waals surface area contributed by atoms with Crippen molar-refractivity contribution in [2.75, 3.05) is 0 Å². The Labute approximate surface area is 185 Å². The third-order valence-corrected chi connectivity index (χ3v) is 7.28. The average molecular weight is 452 g/mol. The Bertz CT molecular complexity index is 1400. The lowest BCUT2D eigenvalue weighted by atomic mass is 10.2. The summed E-state index contributed by atoms with van der Waals surface area (Å²) in [5.74, 6) is 2.16. The van der Waals surface area contributed by atoms with Crippen LogP contribution in [0, 0.1) is 13.8 Å². The van der Waals surface area contributed by atoms with Gasteiger partial charge in [-0.25, -0.2) is 9.97 Å². The Hall–Kier alpha value is -2.68. The first-order chi connectivity index (χ1) is 14.6. The maximum atomic E-state index is 13.7. The van der Waals surface area contributed by atoms with Crippen LogP contribution in [-0.4, -0.2) is 14.5 Å². The second-order valence-corrected chi connectivity index (χ2v) is 9.62. The number of aryl methyl sites for hydroxylation is 2. The number of aromatic nitrogens is 3. The van der Waals surface area contributed by atoms with E-state index in [9.17, 15) is 4.79 Å². The zero-order valence-corrected chi connectivity index (χ0v) is 18.7. The lowest BCUT2D eigenvalue weighted by Gasteiger charge is -2.12. The summed E-state index contributed by atoms with van der Waals surface area (Å²) in [4.78, 5) is 23.8. The number of thiophene rings is 1. The van der Waals surface area contributed by atoms with Crippen LogP contribution in [0.2, 0.25) is 0 Å². The Balaban J connectivity index is 1.68. The smallest absolute Gasteiger partial charge is 0.268 e. The first-order valence-corrected chi connectivity index (χ1v) is 12.0. The fourth-order valence-corrected chi connectivity index (χ4v) is 5.84. The first kappa shape index (κ1) is 19.3. The number of hydrogen-bond acceptors (Lipinski definition) is 7. The number of fused-ring (bicyclic) bond motifs is 1. The summed E-state index contributed by atoms with van der Waals surface area (Å²) in [6.45, 7) is 3.89. The molecule has 0 atom stereocenters. The standard InChI is InChI=1S/C22H17N3O2S3/c1-13-8-9-18(27-13)17-12-29-20-19(17)21(26)25(16-6-4-3-5-7-16)22(24-20)30-11-15-10-28-14(2)23-15/h3-10,12H,11H2,1-2H3. The number of nitrogens with zero attached hydrogens (tertiary/aromatic N) is 3. The molecule has 1 aromatic carbocycles. The minimum absolute atomic E-state index is 0.0894. The highest BCUT2D eigenvalue weighted by Crippen LogP contribution is 2.34. The van der Waals surface area contributed by atoms with Crippen molar-refractivity contribution >= 4 is 44.7 Å². The molecule has 0 fully saturated rings. The maximum absolute atomic E-state index is 13.7. The van der Waals surface area contributed by atoms with Crippen molar-refractivity contribution in [3.05, 3.63) is 80.0 Å². The van der Waals surface area contributed by atoms with Gasteiger partial charge in [0.2, 0.25) is 0 Å². The fourth-order valence-electron chi connectivity index (χ4n) is 3.25. The van der Waals surface area contributed by atoms with Gasteiger partial charge in [-0.3, -0.25) is 9.36 Å². The fraction of sp³-hybridized carbons (Fsp3) is 0.136. The van der Waals surface area contributed by atoms with Gasteiger partial charge in [-0.15, -0.1) is 22.7 Å². The van der Waals surface area contributed by atoms with Gasteiger partial charge >= 0.3 is 0 Å². The molecule has 5 nitrogen and oxygen atoms in total. The van der Waals surface area contributed by atoms with Crippen LogP contribution in [0.15, 0.2) is 67.6 Å². The molecule has 0 bridgehead atoms. The number of hydrogen-bond donors (Lipinski definition) is 0. The van der Waals surface area contributed by atoms with Crippen LogP contribution in [0.1, 0.15) is 16.5 Å². The van der Waals surface area contributed by atoms with Gasteiger partial charge in [0.15, 0.2) is 5.16 Å². The predicted molar refractivity (Wildman–Crippen MR) is 124 cm³/mol. The quantitative estimate of drug-likeness (QED) is 0.240. The van der Waals surface area contributed by atoms with Crippen LogP contribution in [0.5, 0.6) is 0 Å². The Morgan fingerprint density at radius 3 is 2.57 bits per heavy atom. The van der Waals surface area contributed by atoms with E-state index in [0.717, 1.165) is 27.7 Å². The van der Waals surface area contributed by atoms with E-state index in [0.29, 0.717) is 26.9 Å². The Kier molecular flexibility index (Phi) is 5.06. The van der Waals surface area contributed by atoms with E-state index in [1.165, 1.54) is 23.1 Å². The van der Waals surface area contributed by atoms with Crippen LogP contribution >= 0.6 is 34.4 Å². The van der Waals surface area contributed by atoms with Crippen molar-refractivity contribution in [1.29, 1.82) is 0 Å². The van der Waals surface area contributed by atoms with Crippen molar-refractivity contribution in [2.24, 2.45) is 0 Å². The predicted octanol–water partition coefficient (Wildman–Crippen LogP) is 6.07. The van der Waals surface area contributed by atoms with E-state index in [1.807, 2.05) is 67.1 Å². The number of para-hydroxylation sites is 1. The summed E-state index contributed by atoms with van der Waals surface area (Å²) in [5.41, 5.74) is 2.49. The summed E-state index contributed by atoms with van der Waals surface area (Å²) in [5, 5.41) is 6.28. The number of furan rings is 1. The number of benzene rings is 1. The molecule has 5 aromatic rings. The monoisotopic (exact) mass is 451 g/mol. The van der Waals surface area contributed by atoms with Crippen LogP contribution in [0.3, 0.4) is 0 Å². The molecule has 0 aliphatic carbocycles. The van der Waals surface area contributed by atoms with Crippen molar-refractivity contribution < 1.29 is 4.42 Å². The molecule has 0 radical (unpaired) electrons. The van der Waals surface area contributed by atoms with Crippen molar-refractivity contribution in [1.82, 2.24) is 14.5 Å². The minimum atomic E-state index is -0.0894. The summed E-state index contributed by atoms with van der Waals surface area (Å²) < 4.78 is 7.49. The highest BCUT2D eigenvalue weighted by Gasteiger charge is 2.20. The van der Waals surface area contributed by atoms with Gasteiger partial charge in [-0.2, -0.15) is 0 Å². The van der Waals surface area contributed by atoms with Crippen molar-refractivity contribution in [3.63, 3.8) is 0 Å². The molecule has 30 heavy (non-hydrogen) atoms. The molecule has 8 heteroatoms. The molecule has 150 valence electrons. The van der Waals surface area contributed by atoms with Gasteiger partial charge in [0.1, 0.15) is 16.4 Å². The van der Waals surface area contributed by atoms with Gasteiger partial charge in [0.25, 0.3) is 5.56 Å². The molecule has 4 heterocycles. The Morgan fingerprint density at radius 1 is 1.03 bits per heavy atom. The van der Waals surface area contributed by atoms with E-state index in [1.54, 1.807) is 15.9 Å². The van der Waals surface area contributed by atoms with Crippen LogP contribution in [0.25, 0.3) is 27.2 Å². The normalized spacial score (nSPS) is 11.4. The molecule has 0 unspecified atom stereocenters. The molecule has 0 spiro atoms. The number of thioether (sulfide) groups is 1. The highest BCUT2D eigenvalue weighted by molar-refractivity contribution is 7.98. The van der Waals surface area contributed by atoms with Crippen LogP contribution < -0.4 is 5.56 Å². The molecular weight excluding hydrogens is 434 g/mol. The van der Waals surface area contributed by atoms with Gasteiger partial charge < -0.3 is 4.42 Å². The molecule has 0 N–H and O–H groups in total. The number of rotatable bonds is 5. The average Bonchev–Trinajstić information content (AvgIpc) is 3.47. The van der Waals surface area contributed by atoms with Gasteiger partial charge in [-0.05, 0) is 38.1 Å². The van der Waals surface area contributed by atoms with E-state index in [2.05, 4.69) is 4.98 Å². The lowest BCUT2D eigenvalue weighted by molar-refractivity contribution is 0.549. The summed E-state index contributed by atoms with van der Waals surface area (Å²) in [6, 6.07) is 13.4. The first-order valence-electron chi connectivity index (χ1n) is 9.30.